The van der Waals surface area contributed by atoms with Gasteiger partial charge in [-0.2, -0.15) is 5.10 Å². The highest BCUT2D eigenvalue weighted by molar-refractivity contribution is 6.03. The molecule has 6 nitrogen and oxygen atoms in total. The Hall–Kier alpha value is -3.02. The fourth-order valence-corrected chi connectivity index (χ4v) is 4.05. The van der Waals surface area contributed by atoms with Crippen LogP contribution in [-0.2, 0) is 11.3 Å². The number of nitrogens with one attached hydrogen (secondary N) is 1. The van der Waals surface area contributed by atoms with Crippen LogP contribution in [0, 0.1) is 5.92 Å². The molecule has 0 fully saturated rings. The van der Waals surface area contributed by atoms with Crippen molar-refractivity contribution < 1.29 is 14.3 Å². The molecule has 0 aliphatic carbocycles. The lowest BCUT2D eigenvalue weighted by Gasteiger charge is -2.31. The number of hydrogen-bond donors (Lipinski definition) is 1. The second-order valence-corrected chi connectivity index (χ2v) is 8.19. The van der Waals surface area contributed by atoms with Crippen LogP contribution < -0.4 is 14.8 Å². The van der Waals surface area contributed by atoms with Crippen molar-refractivity contribution >= 4 is 17.3 Å². The van der Waals surface area contributed by atoms with E-state index in [1.807, 2.05) is 30.3 Å². The minimum absolute atomic E-state index is 0.0709. The van der Waals surface area contributed by atoms with Crippen LogP contribution >= 0.6 is 0 Å². The minimum Gasteiger partial charge on any atom is -0.493 e. The summed E-state index contributed by atoms with van der Waals surface area (Å²) in [6, 6.07) is 14.1. The van der Waals surface area contributed by atoms with Gasteiger partial charge in [0.1, 0.15) is 0 Å². The maximum absolute atomic E-state index is 12.1. The molecule has 32 heavy (non-hydrogen) atoms. The van der Waals surface area contributed by atoms with Gasteiger partial charge >= 0.3 is 0 Å². The van der Waals surface area contributed by atoms with Crippen molar-refractivity contribution in [2.75, 3.05) is 26.1 Å². The first-order valence-corrected chi connectivity index (χ1v) is 11.5. The van der Waals surface area contributed by atoms with Crippen molar-refractivity contribution in [3.8, 4) is 11.5 Å². The second-order valence-electron chi connectivity index (χ2n) is 8.19. The summed E-state index contributed by atoms with van der Waals surface area (Å²) in [5.41, 5.74) is 4.12. The Morgan fingerprint density at radius 1 is 1.12 bits per heavy atom. The van der Waals surface area contributed by atoms with Crippen LogP contribution in [0.15, 0.2) is 47.6 Å². The molecule has 1 N–H and O–H groups in total. The summed E-state index contributed by atoms with van der Waals surface area (Å²) in [6.07, 6.45) is 4.58. The van der Waals surface area contributed by atoms with Crippen LogP contribution in [0.25, 0.3) is 0 Å². The van der Waals surface area contributed by atoms with E-state index < -0.39 is 0 Å². The van der Waals surface area contributed by atoms with Crippen LogP contribution in [0.3, 0.4) is 0 Å². The molecular formula is C26H35N3O3. The molecule has 1 amide bonds. The Morgan fingerprint density at radius 2 is 1.94 bits per heavy atom. The number of anilines is 1. The molecule has 0 saturated carbocycles. The van der Waals surface area contributed by atoms with Crippen LogP contribution in [0.2, 0.25) is 0 Å². The number of rotatable bonds is 10. The molecule has 3 rings (SSSR count). The van der Waals surface area contributed by atoms with E-state index in [1.165, 1.54) is 0 Å². The number of nitrogens with zero attached hydrogens (tertiary/aromatic N) is 2. The Kier molecular flexibility index (Phi) is 8.54. The number of methoxy groups -OCH3 is 2. The van der Waals surface area contributed by atoms with Gasteiger partial charge < -0.3 is 14.8 Å². The third-order valence-electron chi connectivity index (χ3n) is 5.88. The largest absolute Gasteiger partial charge is 0.493 e. The number of ether oxygens (including phenoxy) is 2. The van der Waals surface area contributed by atoms with E-state index in [4.69, 9.17) is 14.6 Å². The van der Waals surface area contributed by atoms with E-state index in [0.717, 1.165) is 60.5 Å². The van der Waals surface area contributed by atoms with E-state index in [2.05, 4.69) is 36.3 Å². The second kappa shape index (κ2) is 11.6. The summed E-state index contributed by atoms with van der Waals surface area (Å²) in [5, 5.41) is 10.2. The van der Waals surface area contributed by atoms with Gasteiger partial charge in [-0.25, -0.2) is 0 Å². The van der Waals surface area contributed by atoms with Gasteiger partial charge in [-0.1, -0.05) is 32.4 Å². The summed E-state index contributed by atoms with van der Waals surface area (Å²) >= 11 is 0. The van der Waals surface area contributed by atoms with Crippen molar-refractivity contribution in [3.63, 3.8) is 0 Å². The van der Waals surface area contributed by atoms with E-state index in [9.17, 15) is 4.79 Å². The average molecular weight is 438 g/mol. The first-order chi connectivity index (χ1) is 15.6. The number of benzene rings is 2. The van der Waals surface area contributed by atoms with Crippen molar-refractivity contribution in [1.82, 2.24) is 5.01 Å². The highest BCUT2D eigenvalue weighted by Crippen LogP contribution is 2.31. The lowest BCUT2D eigenvalue weighted by Crippen LogP contribution is -2.32. The molecule has 0 saturated heterocycles. The number of hydrogen-bond acceptors (Lipinski definition) is 5. The molecule has 172 valence electrons. The summed E-state index contributed by atoms with van der Waals surface area (Å²) in [5.74, 6) is 1.91. The third kappa shape index (κ3) is 6.02. The molecule has 1 heterocycles. The zero-order valence-electron chi connectivity index (χ0n) is 19.7. The first kappa shape index (κ1) is 23.6. The van der Waals surface area contributed by atoms with Gasteiger partial charge in [0.2, 0.25) is 5.91 Å². The normalized spacial score (nSPS) is 15.8. The van der Waals surface area contributed by atoms with E-state index in [-0.39, 0.29) is 5.91 Å². The zero-order valence-corrected chi connectivity index (χ0v) is 19.7. The van der Waals surface area contributed by atoms with E-state index in [0.29, 0.717) is 24.6 Å². The number of unbranched alkanes of at least 4 members (excludes halogenated alkanes) is 1. The summed E-state index contributed by atoms with van der Waals surface area (Å²) < 4.78 is 10.9. The number of amides is 1. The average Bonchev–Trinajstić information content (AvgIpc) is 2.82. The molecule has 0 radical (unpaired) electrons. The fourth-order valence-electron chi connectivity index (χ4n) is 4.05. The Balaban J connectivity index is 1.78. The number of hydrazone groups is 1. The molecule has 1 aliphatic heterocycles. The monoisotopic (exact) mass is 437 g/mol. The topological polar surface area (TPSA) is 63.2 Å². The smallest absolute Gasteiger partial charge is 0.224 e. The molecule has 0 spiro atoms. The highest BCUT2D eigenvalue weighted by Gasteiger charge is 2.24. The minimum atomic E-state index is 0.0709. The van der Waals surface area contributed by atoms with Crippen molar-refractivity contribution in [2.45, 2.75) is 52.5 Å². The lowest BCUT2D eigenvalue weighted by atomic mass is 9.90. The van der Waals surface area contributed by atoms with E-state index >= 15 is 0 Å². The van der Waals surface area contributed by atoms with Gasteiger partial charge in [-0.05, 0) is 55.2 Å². The molecule has 2 aromatic carbocycles. The number of carbonyl (C=O) groups is 1. The standard InChI is InChI=1S/C26H35N3O3/c1-5-7-11-25(30)27-22-10-8-9-19(16-22)18-29-15-14-20(6-2)26(28-29)21-12-13-23(31-3)24(17-21)32-4/h8-10,12-13,16-17,20H,5-7,11,14-15,18H2,1-4H3,(H,27,30). The maximum Gasteiger partial charge on any atom is 0.224 e. The predicted molar refractivity (Wildman–Crippen MR) is 129 cm³/mol. The molecule has 0 bridgehead atoms. The lowest BCUT2D eigenvalue weighted by molar-refractivity contribution is -0.116. The van der Waals surface area contributed by atoms with Gasteiger partial charge in [-0.15, -0.1) is 0 Å². The summed E-state index contributed by atoms with van der Waals surface area (Å²) in [4.78, 5) is 12.1. The third-order valence-corrected chi connectivity index (χ3v) is 5.88. The van der Waals surface area contributed by atoms with Crippen LogP contribution in [0.5, 0.6) is 11.5 Å². The molecular weight excluding hydrogens is 402 g/mol. The maximum atomic E-state index is 12.1. The van der Waals surface area contributed by atoms with Crippen LogP contribution in [-0.4, -0.2) is 37.4 Å². The molecule has 2 aromatic rings. The SMILES string of the molecule is CCCCC(=O)Nc1cccc(CN2CCC(CC)C(c3ccc(OC)c(OC)c3)=N2)c1. The van der Waals surface area contributed by atoms with Gasteiger partial charge in [0, 0.05) is 30.1 Å². The van der Waals surface area contributed by atoms with Gasteiger partial charge in [0.15, 0.2) is 11.5 Å². The van der Waals surface area contributed by atoms with Gasteiger partial charge in [0.25, 0.3) is 0 Å². The molecule has 1 atom stereocenters. The predicted octanol–water partition coefficient (Wildman–Crippen LogP) is 5.47. The van der Waals surface area contributed by atoms with Crippen molar-refractivity contribution in [3.05, 3.63) is 53.6 Å². The molecule has 1 unspecified atom stereocenters. The summed E-state index contributed by atoms with van der Waals surface area (Å²) in [7, 11) is 3.30. The first-order valence-electron chi connectivity index (χ1n) is 11.5. The molecule has 6 heteroatoms. The molecule has 1 aliphatic rings. The van der Waals surface area contributed by atoms with Crippen molar-refractivity contribution in [1.29, 1.82) is 0 Å². The zero-order chi connectivity index (χ0) is 22.9. The Morgan fingerprint density at radius 3 is 2.66 bits per heavy atom. The molecule has 0 aromatic heterocycles. The van der Waals surface area contributed by atoms with Crippen LogP contribution in [0.4, 0.5) is 5.69 Å². The fraction of sp³-hybridized carbons (Fsp3) is 0.462. The quantitative estimate of drug-likeness (QED) is 0.535. The summed E-state index contributed by atoms with van der Waals surface area (Å²) in [6.45, 7) is 5.90. The van der Waals surface area contributed by atoms with E-state index in [1.54, 1.807) is 14.2 Å². The highest BCUT2D eigenvalue weighted by atomic mass is 16.5. The van der Waals surface area contributed by atoms with Crippen molar-refractivity contribution in [2.24, 2.45) is 11.0 Å². The Bertz CT molecular complexity index is 942. The number of carbonyl (C=O) groups excluding carboxylic acids is 1. The van der Waals surface area contributed by atoms with Crippen LogP contribution in [0.1, 0.15) is 57.1 Å². The Labute approximate surface area is 191 Å². The van der Waals surface area contributed by atoms with Gasteiger partial charge in [0.05, 0.1) is 26.5 Å². The van der Waals surface area contributed by atoms with Gasteiger partial charge in [-0.3, -0.25) is 9.80 Å².